The van der Waals surface area contributed by atoms with Gasteiger partial charge in [-0.05, 0) is 25.5 Å². The minimum atomic E-state index is -1.18. The number of rotatable bonds is 5. The van der Waals surface area contributed by atoms with E-state index >= 15 is 0 Å². The van der Waals surface area contributed by atoms with Crippen LogP contribution in [-0.4, -0.2) is 52.8 Å². The van der Waals surface area contributed by atoms with Crippen LogP contribution in [0.15, 0.2) is 30.3 Å². The van der Waals surface area contributed by atoms with E-state index in [-0.39, 0.29) is 5.24 Å². The molecular formula is C16H22O6S. The quantitative estimate of drug-likeness (QED) is 0.788. The summed E-state index contributed by atoms with van der Waals surface area (Å²) in [5.41, 5.74) is 0. The van der Waals surface area contributed by atoms with Gasteiger partial charge in [-0.25, -0.2) is 0 Å². The molecule has 0 aromatic heterocycles. The van der Waals surface area contributed by atoms with Crippen molar-refractivity contribution in [3.63, 3.8) is 0 Å². The monoisotopic (exact) mass is 342 g/mol. The second-order valence-electron chi connectivity index (χ2n) is 5.31. The molecule has 5 atom stereocenters. The molecule has 0 spiro atoms. The molecule has 128 valence electrons. The predicted octanol–water partition coefficient (Wildman–Crippen LogP) is 1.63. The van der Waals surface area contributed by atoms with Crippen molar-refractivity contribution in [2.75, 3.05) is 6.61 Å². The van der Waals surface area contributed by atoms with Crippen LogP contribution in [-0.2, 0) is 14.2 Å². The average Bonchev–Trinajstić information content (AvgIpc) is 2.54. The first-order valence-electron chi connectivity index (χ1n) is 7.59. The number of hydrogen-bond donors (Lipinski definition) is 2. The lowest BCUT2D eigenvalue weighted by Gasteiger charge is -2.40. The summed E-state index contributed by atoms with van der Waals surface area (Å²) in [6.07, 6.45) is -3.88. The number of aliphatic hydroxyl groups excluding tert-OH is 2. The maximum atomic E-state index is 10.3. The fourth-order valence-corrected chi connectivity index (χ4v) is 2.44. The standard InChI is InChI=1S/C16H22O6S/c1-3-9-19-15-13(18)14(12(17)10(2)20-15)22-16(23)21-11-7-5-4-6-8-11/h4-8,10,12-15,17-18H,3,9H2,1-2H3/t10-,12-,13+,14+,15+/m0/s1. The van der Waals surface area contributed by atoms with Crippen molar-refractivity contribution in [2.24, 2.45) is 0 Å². The topological polar surface area (TPSA) is 77.4 Å². The second kappa shape index (κ2) is 8.56. The van der Waals surface area contributed by atoms with Crippen molar-refractivity contribution in [3.8, 4) is 5.75 Å². The van der Waals surface area contributed by atoms with Gasteiger partial charge in [0.1, 0.15) is 18.0 Å². The minimum absolute atomic E-state index is 0.178. The molecule has 1 aromatic carbocycles. The van der Waals surface area contributed by atoms with Gasteiger partial charge < -0.3 is 29.2 Å². The maximum Gasteiger partial charge on any atom is 0.358 e. The Morgan fingerprint density at radius 3 is 2.57 bits per heavy atom. The number of hydrogen-bond acceptors (Lipinski definition) is 7. The predicted molar refractivity (Wildman–Crippen MR) is 87.1 cm³/mol. The highest BCUT2D eigenvalue weighted by Crippen LogP contribution is 2.25. The van der Waals surface area contributed by atoms with Crippen LogP contribution in [0.4, 0.5) is 0 Å². The van der Waals surface area contributed by atoms with Gasteiger partial charge in [0, 0.05) is 18.8 Å². The van der Waals surface area contributed by atoms with Crippen molar-refractivity contribution >= 4 is 17.5 Å². The zero-order valence-corrected chi connectivity index (χ0v) is 13.9. The highest BCUT2D eigenvalue weighted by Gasteiger charge is 2.45. The third kappa shape index (κ3) is 4.86. The van der Waals surface area contributed by atoms with Crippen LogP contribution in [0.3, 0.4) is 0 Å². The number of para-hydroxylation sites is 1. The zero-order valence-electron chi connectivity index (χ0n) is 13.1. The van der Waals surface area contributed by atoms with E-state index in [9.17, 15) is 10.2 Å². The summed E-state index contributed by atoms with van der Waals surface area (Å²) in [5, 5.41) is 20.3. The van der Waals surface area contributed by atoms with Crippen LogP contribution in [0.1, 0.15) is 20.3 Å². The lowest BCUT2D eigenvalue weighted by molar-refractivity contribution is -0.291. The third-order valence-electron chi connectivity index (χ3n) is 3.44. The van der Waals surface area contributed by atoms with Crippen molar-refractivity contribution in [3.05, 3.63) is 30.3 Å². The number of aliphatic hydroxyl groups is 2. The van der Waals surface area contributed by atoms with Gasteiger partial charge in [0.2, 0.25) is 0 Å². The lowest BCUT2D eigenvalue weighted by atomic mass is 10.00. The Morgan fingerprint density at radius 1 is 1.22 bits per heavy atom. The minimum Gasteiger partial charge on any atom is -0.447 e. The molecule has 1 saturated heterocycles. The highest BCUT2D eigenvalue weighted by molar-refractivity contribution is 7.79. The summed E-state index contributed by atoms with van der Waals surface area (Å²) in [5.74, 6) is 0.514. The Kier molecular flexibility index (Phi) is 6.73. The van der Waals surface area contributed by atoms with Crippen LogP contribution < -0.4 is 4.74 Å². The van der Waals surface area contributed by atoms with Crippen LogP contribution in [0, 0.1) is 0 Å². The van der Waals surface area contributed by atoms with Crippen LogP contribution >= 0.6 is 12.2 Å². The van der Waals surface area contributed by atoms with E-state index in [1.54, 1.807) is 31.2 Å². The van der Waals surface area contributed by atoms with E-state index in [1.165, 1.54) is 0 Å². The van der Waals surface area contributed by atoms with Crippen molar-refractivity contribution < 1.29 is 29.2 Å². The molecule has 2 rings (SSSR count). The largest absolute Gasteiger partial charge is 0.447 e. The number of benzene rings is 1. The molecule has 1 aromatic rings. The molecule has 0 unspecified atom stereocenters. The molecule has 0 radical (unpaired) electrons. The molecule has 1 fully saturated rings. The Hall–Kier alpha value is -1.25. The highest BCUT2D eigenvalue weighted by atomic mass is 32.1. The van der Waals surface area contributed by atoms with Crippen molar-refractivity contribution in [2.45, 2.75) is 51.0 Å². The Morgan fingerprint density at radius 2 is 1.91 bits per heavy atom. The molecule has 1 aliphatic rings. The first-order valence-corrected chi connectivity index (χ1v) is 8.00. The summed E-state index contributed by atoms with van der Waals surface area (Å²) in [6.45, 7) is 4.06. The van der Waals surface area contributed by atoms with Crippen molar-refractivity contribution in [1.29, 1.82) is 0 Å². The van der Waals surface area contributed by atoms with Crippen LogP contribution in [0.25, 0.3) is 0 Å². The molecule has 2 N–H and O–H groups in total. The van der Waals surface area contributed by atoms with Crippen LogP contribution in [0.5, 0.6) is 5.75 Å². The first kappa shape index (κ1) is 18.1. The molecule has 0 bridgehead atoms. The van der Waals surface area contributed by atoms with E-state index in [4.69, 9.17) is 31.2 Å². The van der Waals surface area contributed by atoms with E-state index in [1.807, 2.05) is 13.0 Å². The Balaban J connectivity index is 1.98. The van der Waals surface area contributed by atoms with Gasteiger partial charge in [0.15, 0.2) is 12.4 Å². The molecule has 7 heteroatoms. The normalized spacial score (nSPS) is 30.7. The van der Waals surface area contributed by atoms with Gasteiger partial charge in [-0.1, -0.05) is 25.1 Å². The number of thiocarbonyl (C=S) groups is 1. The fourth-order valence-electron chi connectivity index (χ4n) is 2.23. The van der Waals surface area contributed by atoms with Gasteiger partial charge in [-0.15, -0.1) is 0 Å². The van der Waals surface area contributed by atoms with E-state index < -0.39 is 30.7 Å². The summed E-state index contributed by atoms with van der Waals surface area (Å²) in [7, 11) is 0. The van der Waals surface area contributed by atoms with Gasteiger partial charge in [0.05, 0.1) is 6.10 Å². The summed E-state index contributed by atoms with van der Waals surface area (Å²) in [4.78, 5) is 0. The lowest BCUT2D eigenvalue weighted by Crippen LogP contribution is -2.59. The molecular weight excluding hydrogens is 320 g/mol. The third-order valence-corrected chi connectivity index (χ3v) is 3.62. The molecule has 1 aliphatic heterocycles. The summed E-state index contributed by atoms with van der Waals surface area (Å²) in [6, 6.07) is 8.89. The van der Waals surface area contributed by atoms with Gasteiger partial charge in [-0.2, -0.15) is 0 Å². The maximum absolute atomic E-state index is 10.3. The first-order chi connectivity index (χ1) is 11.0. The van der Waals surface area contributed by atoms with Crippen LogP contribution in [0.2, 0.25) is 0 Å². The fraction of sp³-hybridized carbons (Fsp3) is 0.562. The molecule has 0 aliphatic carbocycles. The SMILES string of the molecule is CCCO[C@@H]1O[C@@H](C)[C@H](O)[C@@H](OC(=S)Oc2ccccc2)[C@H]1O. The summed E-state index contributed by atoms with van der Waals surface area (Å²) >= 11 is 5.04. The summed E-state index contributed by atoms with van der Waals surface area (Å²) < 4.78 is 21.7. The smallest absolute Gasteiger partial charge is 0.358 e. The molecule has 6 nitrogen and oxygen atoms in total. The van der Waals surface area contributed by atoms with Crippen molar-refractivity contribution in [1.82, 2.24) is 0 Å². The van der Waals surface area contributed by atoms with E-state index in [0.717, 1.165) is 6.42 Å². The molecule has 0 amide bonds. The van der Waals surface area contributed by atoms with E-state index in [2.05, 4.69) is 0 Å². The molecule has 23 heavy (non-hydrogen) atoms. The second-order valence-corrected chi connectivity index (χ2v) is 5.64. The average molecular weight is 342 g/mol. The van der Waals surface area contributed by atoms with E-state index in [0.29, 0.717) is 12.4 Å². The number of ether oxygens (including phenoxy) is 4. The van der Waals surface area contributed by atoms with Gasteiger partial charge >= 0.3 is 5.24 Å². The Labute approximate surface area is 140 Å². The molecule has 0 saturated carbocycles. The molecule has 1 heterocycles. The van der Waals surface area contributed by atoms with Gasteiger partial charge in [-0.3, -0.25) is 0 Å². The van der Waals surface area contributed by atoms with Gasteiger partial charge in [0.25, 0.3) is 0 Å². The zero-order chi connectivity index (χ0) is 16.8. The Bertz CT molecular complexity index is 497.